The van der Waals surface area contributed by atoms with Crippen LogP contribution in [0, 0.1) is 0 Å². The number of nitrogens with one attached hydrogen (secondary N) is 1. The van der Waals surface area contributed by atoms with E-state index in [1.165, 1.54) is 0 Å². The Bertz CT molecular complexity index is 234. The Labute approximate surface area is 84.1 Å². The van der Waals surface area contributed by atoms with Crippen molar-refractivity contribution in [2.24, 2.45) is 5.73 Å². The first-order valence-electron chi connectivity index (χ1n) is 4.28. The molecule has 1 amide bonds. The lowest BCUT2D eigenvalue weighted by molar-refractivity contribution is 0.157. The minimum atomic E-state index is -0.483. The molecule has 0 radical (unpaired) electrons. The van der Waals surface area contributed by atoms with Gasteiger partial charge in [-0.1, -0.05) is 31.4 Å². The molecule has 0 unspecified atom stereocenters. The second kappa shape index (κ2) is 8.07. The van der Waals surface area contributed by atoms with Crippen LogP contribution in [-0.2, 0) is 4.74 Å². The van der Waals surface area contributed by atoms with Crippen molar-refractivity contribution in [2.75, 3.05) is 19.7 Å². The molecule has 0 aliphatic heterocycles. The maximum Gasteiger partial charge on any atom is 0.407 e. The molecule has 0 aromatic rings. The molecule has 0 spiro atoms. The van der Waals surface area contributed by atoms with E-state index in [1.807, 2.05) is 0 Å². The van der Waals surface area contributed by atoms with Gasteiger partial charge in [-0.15, -0.1) is 0 Å². The summed E-state index contributed by atoms with van der Waals surface area (Å²) >= 11 is 0. The van der Waals surface area contributed by atoms with Gasteiger partial charge in [0.2, 0.25) is 0 Å². The first kappa shape index (κ1) is 12.4. The summed E-state index contributed by atoms with van der Waals surface area (Å²) in [7, 11) is 0. The number of amides is 1. The van der Waals surface area contributed by atoms with Crippen molar-refractivity contribution in [1.82, 2.24) is 5.32 Å². The molecule has 0 fully saturated rings. The van der Waals surface area contributed by atoms with Gasteiger partial charge >= 0.3 is 6.09 Å². The fourth-order valence-electron chi connectivity index (χ4n) is 0.636. The van der Waals surface area contributed by atoms with E-state index in [0.29, 0.717) is 18.7 Å². The quantitative estimate of drug-likeness (QED) is 0.622. The molecule has 0 bridgehead atoms. The van der Waals surface area contributed by atoms with Gasteiger partial charge in [0.1, 0.15) is 6.61 Å². The van der Waals surface area contributed by atoms with Gasteiger partial charge in [0.05, 0.1) is 0 Å². The minimum Gasteiger partial charge on any atom is -0.445 e. The molecular formula is C10H16N2O2. The molecule has 3 N–H and O–H groups in total. The highest BCUT2D eigenvalue weighted by atomic mass is 16.5. The van der Waals surface area contributed by atoms with Crippen LogP contribution in [0.5, 0.6) is 0 Å². The Balaban J connectivity index is 3.60. The summed E-state index contributed by atoms with van der Waals surface area (Å²) in [6.45, 7) is 8.16. The van der Waals surface area contributed by atoms with Crippen molar-refractivity contribution in [3.8, 4) is 0 Å². The minimum absolute atomic E-state index is 0.167. The topological polar surface area (TPSA) is 64.3 Å². The van der Waals surface area contributed by atoms with E-state index in [2.05, 4.69) is 18.5 Å². The zero-order valence-electron chi connectivity index (χ0n) is 8.16. The molecule has 4 heteroatoms. The first-order chi connectivity index (χ1) is 6.70. The molecule has 4 nitrogen and oxygen atoms in total. The SMILES string of the molecule is C=C/C=C\C(=C)COC(=O)NCCN. The first-order valence-corrected chi connectivity index (χ1v) is 4.28. The van der Waals surface area contributed by atoms with Crippen LogP contribution < -0.4 is 11.1 Å². The maximum absolute atomic E-state index is 10.9. The third kappa shape index (κ3) is 7.12. The standard InChI is InChI=1S/C10H16N2O2/c1-3-4-5-9(2)8-14-10(13)12-7-6-11/h3-5H,1-2,6-8,11H2,(H,12,13)/b5-4-. The van der Waals surface area contributed by atoms with Crippen LogP contribution >= 0.6 is 0 Å². The number of carbonyl (C=O) groups excluding carboxylic acids is 1. The van der Waals surface area contributed by atoms with Gasteiger partial charge in [0, 0.05) is 13.1 Å². The largest absolute Gasteiger partial charge is 0.445 e. The van der Waals surface area contributed by atoms with Crippen LogP contribution in [0.4, 0.5) is 4.79 Å². The van der Waals surface area contributed by atoms with E-state index in [-0.39, 0.29) is 6.61 Å². The Morgan fingerprint density at radius 3 is 2.86 bits per heavy atom. The van der Waals surface area contributed by atoms with Gasteiger partial charge in [-0.05, 0) is 5.57 Å². The summed E-state index contributed by atoms with van der Waals surface area (Å²) in [5.74, 6) is 0. The lowest BCUT2D eigenvalue weighted by atomic mass is 10.3. The van der Waals surface area contributed by atoms with Crippen LogP contribution in [0.15, 0.2) is 37.0 Å². The number of nitrogens with two attached hydrogens (primary N) is 1. The van der Waals surface area contributed by atoms with Gasteiger partial charge < -0.3 is 15.8 Å². The fourth-order valence-corrected chi connectivity index (χ4v) is 0.636. The Morgan fingerprint density at radius 2 is 2.29 bits per heavy atom. The fraction of sp³-hybridized carbons (Fsp3) is 0.300. The molecule has 78 valence electrons. The van der Waals surface area contributed by atoms with E-state index in [9.17, 15) is 4.79 Å². The second-order valence-electron chi connectivity index (χ2n) is 2.54. The van der Waals surface area contributed by atoms with Crippen molar-refractivity contribution in [3.63, 3.8) is 0 Å². The number of alkyl carbamates (subject to hydrolysis) is 1. The number of ether oxygens (including phenoxy) is 1. The summed E-state index contributed by atoms with van der Waals surface area (Å²) in [4.78, 5) is 10.9. The summed E-state index contributed by atoms with van der Waals surface area (Å²) in [6, 6.07) is 0. The average molecular weight is 196 g/mol. The van der Waals surface area contributed by atoms with E-state index in [1.54, 1.807) is 18.2 Å². The Morgan fingerprint density at radius 1 is 1.57 bits per heavy atom. The summed E-state index contributed by atoms with van der Waals surface area (Å²) < 4.78 is 4.81. The molecule has 0 aromatic carbocycles. The number of allylic oxidation sites excluding steroid dienone is 2. The van der Waals surface area contributed by atoms with Gasteiger partial charge in [-0.3, -0.25) is 0 Å². The molecule has 0 aromatic heterocycles. The summed E-state index contributed by atoms with van der Waals surface area (Å²) in [5, 5.41) is 2.47. The zero-order chi connectivity index (χ0) is 10.8. The highest BCUT2D eigenvalue weighted by molar-refractivity contribution is 5.67. The number of rotatable bonds is 6. The molecule has 0 aliphatic carbocycles. The van der Waals surface area contributed by atoms with Crippen molar-refractivity contribution < 1.29 is 9.53 Å². The van der Waals surface area contributed by atoms with Gasteiger partial charge in [-0.2, -0.15) is 0 Å². The predicted octanol–water partition coefficient (Wildman–Crippen LogP) is 0.970. The lowest BCUT2D eigenvalue weighted by Gasteiger charge is -2.05. The molecule has 0 saturated carbocycles. The predicted molar refractivity (Wildman–Crippen MR) is 56.9 cm³/mol. The third-order valence-electron chi connectivity index (χ3n) is 1.27. The number of hydrogen-bond acceptors (Lipinski definition) is 3. The summed E-state index contributed by atoms with van der Waals surface area (Å²) in [6.07, 6.45) is 4.59. The average Bonchev–Trinajstić information content (AvgIpc) is 2.20. The van der Waals surface area contributed by atoms with E-state index in [0.717, 1.165) is 0 Å². The van der Waals surface area contributed by atoms with Gasteiger partial charge in [-0.25, -0.2) is 4.79 Å². The molecule has 0 aliphatic rings. The number of carbonyl (C=O) groups is 1. The highest BCUT2D eigenvalue weighted by Gasteiger charge is 1.99. The monoisotopic (exact) mass is 196 g/mol. The molecule has 14 heavy (non-hydrogen) atoms. The highest BCUT2D eigenvalue weighted by Crippen LogP contribution is 1.94. The zero-order valence-corrected chi connectivity index (χ0v) is 8.16. The lowest BCUT2D eigenvalue weighted by Crippen LogP contribution is -2.29. The van der Waals surface area contributed by atoms with E-state index >= 15 is 0 Å². The van der Waals surface area contributed by atoms with Crippen LogP contribution in [0.1, 0.15) is 0 Å². The van der Waals surface area contributed by atoms with Crippen LogP contribution in [0.25, 0.3) is 0 Å². The normalized spacial score (nSPS) is 9.79. The third-order valence-corrected chi connectivity index (χ3v) is 1.27. The maximum atomic E-state index is 10.9. The van der Waals surface area contributed by atoms with Crippen molar-refractivity contribution in [3.05, 3.63) is 37.0 Å². The van der Waals surface area contributed by atoms with Crippen molar-refractivity contribution in [1.29, 1.82) is 0 Å². The van der Waals surface area contributed by atoms with Crippen LogP contribution in [0.2, 0.25) is 0 Å². The van der Waals surface area contributed by atoms with Crippen molar-refractivity contribution in [2.45, 2.75) is 0 Å². The molecule has 0 rings (SSSR count). The van der Waals surface area contributed by atoms with Gasteiger partial charge in [0.15, 0.2) is 0 Å². The number of hydrogen-bond donors (Lipinski definition) is 2. The van der Waals surface area contributed by atoms with Gasteiger partial charge in [0.25, 0.3) is 0 Å². The van der Waals surface area contributed by atoms with E-state index < -0.39 is 6.09 Å². The second-order valence-corrected chi connectivity index (χ2v) is 2.54. The summed E-state index contributed by atoms with van der Waals surface area (Å²) in [5.41, 5.74) is 5.89. The Kier molecular flexibility index (Phi) is 7.17. The van der Waals surface area contributed by atoms with Crippen LogP contribution in [0.3, 0.4) is 0 Å². The molecule has 0 atom stereocenters. The molecular weight excluding hydrogens is 180 g/mol. The molecule has 0 heterocycles. The van der Waals surface area contributed by atoms with E-state index in [4.69, 9.17) is 10.5 Å². The van der Waals surface area contributed by atoms with Crippen LogP contribution in [-0.4, -0.2) is 25.8 Å². The Hall–Kier alpha value is -1.55. The van der Waals surface area contributed by atoms with Crippen molar-refractivity contribution >= 4 is 6.09 Å². The molecule has 0 saturated heterocycles. The smallest absolute Gasteiger partial charge is 0.407 e.